The lowest BCUT2D eigenvalue weighted by Crippen LogP contribution is -2.49. The molecule has 2 aliphatic rings. The molecule has 1 aliphatic carbocycles. The van der Waals surface area contributed by atoms with Gasteiger partial charge in [0.25, 0.3) is 0 Å². The number of carbonyl (C=O) groups is 2. The highest BCUT2D eigenvalue weighted by atomic mass is 32.1. The van der Waals surface area contributed by atoms with Crippen molar-refractivity contribution in [3.8, 4) is 0 Å². The average Bonchev–Trinajstić information content (AvgIpc) is 3.51. The van der Waals surface area contributed by atoms with E-state index in [1.807, 2.05) is 36.9 Å². The van der Waals surface area contributed by atoms with E-state index in [9.17, 15) is 14.0 Å². The zero-order valence-electron chi connectivity index (χ0n) is 19.5. The second kappa shape index (κ2) is 9.34. The van der Waals surface area contributed by atoms with Gasteiger partial charge in [0.2, 0.25) is 11.8 Å². The van der Waals surface area contributed by atoms with Crippen molar-refractivity contribution < 1.29 is 14.0 Å². The highest BCUT2D eigenvalue weighted by molar-refractivity contribution is 7.10. The second-order valence-electron chi connectivity index (χ2n) is 9.51. The van der Waals surface area contributed by atoms with Crippen LogP contribution in [0.15, 0.2) is 66.0 Å². The van der Waals surface area contributed by atoms with Crippen molar-refractivity contribution >= 4 is 23.2 Å². The maximum atomic E-state index is 13.7. The summed E-state index contributed by atoms with van der Waals surface area (Å²) in [4.78, 5) is 31.9. The molecule has 1 fully saturated rings. The first-order valence-corrected chi connectivity index (χ1v) is 12.8. The van der Waals surface area contributed by atoms with Crippen LogP contribution in [0.4, 0.5) is 4.39 Å². The number of thiophene rings is 1. The Morgan fingerprint density at radius 2 is 1.79 bits per heavy atom. The Morgan fingerprint density at radius 3 is 2.50 bits per heavy atom. The summed E-state index contributed by atoms with van der Waals surface area (Å²) in [6.07, 6.45) is 1.63. The normalized spacial score (nSPS) is 21.3. The van der Waals surface area contributed by atoms with Gasteiger partial charge in [0.1, 0.15) is 12.4 Å². The van der Waals surface area contributed by atoms with E-state index in [2.05, 4.69) is 23.6 Å². The number of hydrogen-bond acceptors (Lipinski definition) is 3. The van der Waals surface area contributed by atoms with Crippen molar-refractivity contribution in [2.75, 3.05) is 13.1 Å². The van der Waals surface area contributed by atoms with Crippen LogP contribution in [0.5, 0.6) is 0 Å². The Balaban J connectivity index is 1.36. The van der Waals surface area contributed by atoms with Crippen LogP contribution in [0.3, 0.4) is 0 Å². The average molecular weight is 477 g/mol. The summed E-state index contributed by atoms with van der Waals surface area (Å²) < 4.78 is 13.6. The standard InChI is InChI=1S/C28H29FN2O2S/c1-18(2)31(28(33)24-16-23(24)19-6-4-3-5-7-19)17-26(32)30-14-12-25-22(13-15-34-25)27(30)20-8-10-21(29)11-9-20/h3-11,13,15,18,23-24,27H,12,14,16-17H2,1-2H3. The van der Waals surface area contributed by atoms with E-state index >= 15 is 0 Å². The van der Waals surface area contributed by atoms with Crippen LogP contribution >= 0.6 is 11.3 Å². The van der Waals surface area contributed by atoms with Gasteiger partial charge in [-0.15, -0.1) is 11.3 Å². The minimum Gasteiger partial charge on any atom is -0.331 e. The minimum absolute atomic E-state index is 0.0590. The van der Waals surface area contributed by atoms with Gasteiger partial charge in [-0.25, -0.2) is 4.39 Å². The molecular weight excluding hydrogens is 447 g/mol. The summed E-state index contributed by atoms with van der Waals surface area (Å²) in [5.74, 6) is -0.124. The smallest absolute Gasteiger partial charge is 0.243 e. The molecule has 0 saturated heterocycles. The lowest BCUT2D eigenvalue weighted by atomic mass is 9.93. The highest BCUT2D eigenvalue weighted by Gasteiger charge is 2.46. The molecule has 3 aromatic rings. The molecule has 0 radical (unpaired) electrons. The molecule has 2 aromatic carbocycles. The van der Waals surface area contributed by atoms with Gasteiger partial charge >= 0.3 is 0 Å². The van der Waals surface area contributed by atoms with E-state index < -0.39 is 0 Å². The number of hydrogen-bond donors (Lipinski definition) is 0. The fraction of sp³-hybridized carbons (Fsp3) is 0.357. The third kappa shape index (κ3) is 4.39. The lowest BCUT2D eigenvalue weighted by molar-refractivity contribution is -0.144. The number of benzene rings is 2. The summed E-state index contributed by atoms with van der Waals surface area (Å²) in [6, 6.07) is 18.3. The number of fused-ring (bicyclic) bond motifs is 1. The predicted octanol–water partition coefficient (Wildman–Crippen LogP) is 5.40. The first kappa shape index (κ1) is 22.8. The summed E-state index contributed by atoms with van der Waals surface area (Å²) in [6.45, 7) is 4.59. The first-order chi connectivity index (χ1) is 16.4. The van der Waals surface area contributed by atoms with Gasteiger partial charge in [-0.1, -0.05) is 42.5 Å². The molecule has 1 aromatic heterocycles. The molecule has 2 amide bonds. The van der Waals surface area contributed by atoms with Crippen molar-refractivity contribution in [1.29, 1.82) is 0 Å². The predicted molar refractivity (Wildman–Crippen MR) is 132 cm³/mol. The molecule has 1 saturated carbocycles. The maximum Gasteiger partial charge on any atom is 0.243 e. The van der Waals surface area contributed by atoms with Crippen molar-refractivity contribution in [2.45, 2.75) is 44.7 Å². The van der Waals surface area contributed by atoms with Crippen molar-refractivity contribution in [2.24, 2.45) is 5.92 Å². The van der Waals surface area contributed by atoms with Gasteiger partial charge < -0.3 is 9.80 Å². The second-order valence-corrected chi connectivity index (χ2v) is 10.5. The molecule has 3 unspecified atom stereocenters. The first-order valence-electron chi connectivity index (χ1n) is 11.9. The molecule has 6 heteroatoms. The van der Waals surface area contributed by atoms with Crippen LogP contribution in [-0.2, 0) is 16.0 Å². The van der Waals surface area contributed by atoms with E-state index in [0.717, 1.165) is 24.0 Å². The van der Waals surface area contributed by atoms with Crippen LogP contribution in [0, 0.1) is 11.7 Å². The quantitative estimate of drug-likeness (QED) is 0.478. The van der Waals surface area contributed by atoms with Crippen LogP contribution in [0.2, 0.25) is 0 Å². The fourth-order valence-corrected chi connectivity index (χ4v) is 5.99. The third-order valence-electron chi connectivity index (χ3n) is 7.02. The van der Waals surface area contributed by atoms with E-state index in [1.165, 1.54) is 22.6 Å². The molecule has 5 rings (SSSR count). The maximum absolute atomic E-state index is 13.7. The van der Waals surface area contributed by atoms with E-state index in [-0.39, 0.29) is 48.1 Å². The Bertz CT molecular complexity index is 1170. The number of carbonyl (C=O) groups excluding carboxylic acids is 2. The molecule has 4 nitrogen and oxygen atoms in total. The van der Waals surface area contributed by atoms with Crippen LogP contribution in [-0.4, -0.2) is 40.7 Å². The molecular formula is C28H29FN2O2S. The Kier molecular flexibility index (Phi) is 6.26. The van der Waals surface area contributed by atoms with Gasteiger partial charge in [0, 0.05) is 23.4 Å². The van der Waals surface area contributed by atoms with Gasteiger partial charge in [-0.3, -0.25) is 9.59 Å². The fourth-order valence-electron chi connectivity index (χ4n) is 5.09. The van der Waals surface area contributed by atoms with Crippen LogP contribution in [0.25, 0.3) is 0 Å². The minimum atomic E-state index is -0.294. The molecule has 34 heavy (non-hydrogen) atoms. The lowest BCUT2D eigenvalue weighted by Gasteiger charge is -2.38. The third-order valence-corrected chi connectivity index (χ3v) is 8.02. The van der Waals surface area contributed by atoms with Gasteiger partial charge in [-0.05, 0) is 72.9 Å². The largest absolute Gasteiger partial charge is 0.331 e. The van der Waals surface area contributed by atoms with Crippen molar-refractivity contribution in [3.63, 3.8) is 0 Å². The number of nitrogens with zero attached hydrogens (tertiary/aromatic N) is 2. The number of rotatable bonds is 6. The van der Waals surface area contributed by atoms with E-state index in [1.54, 1.807) is 28.4 Å². The Hall–Kier alpha value is -2.99. The summed E-state index contributed by atoms with van der Waals surface area (Å²) in [5, 5.41) is 2.05. The zero-order chi connectivity index (χ0) is 23.8. The van der Waals surface area contributed by atoms with E-state index in [0.29, 0.717) is 6.54 Å². The molecule has 176 valence electrons. The molecule has 0 N–H and O–H groups in total. The van der Waals surface area contributed by atoms with Gasteiger partial charge in [0.15, 0.2) is 0 Å². The Morgan fingerprint density at radius 1 is 1.06 bits per heavy atom. The molecule has 3 atom stereocenters. The summed E-state index contributed by atoms with van der Waals surface area (Å²) in [5.41, 5.74) is 3.18. The topological polar surface area (TPSA) is 40.6 Å². The molecule has 0 bridgehead atoms. The van der Waals surface area contributed by atoms with Gasteiger partial charge in [-0.2, -0.15) is 0 Å². The van der Waals surface area contributed by atoms with E-state index in [4.69, 9.17) is 0 Å². The zero-order valence-corrected chi connectivity index (χ0v) is 20.3. The summed E-state index contributed by atoms with van der Waals surface area (Å²) in [7, 11) is 0. The van der Waals surface area contributed by atoms with Crippen LogP contribution < -0.4 is 0 Å². The highest BCUT2D eigenvalue weighted by Crippen LogP contribution is 2.48. The van der Waals surface area contributed by atoms with Crippen molar-refractivity contribution in [1.82, 2.24) is 9.80 Å². The summed E-state index contributed by atoms with van der Waals surface area (Å²) >= 11 is 1.70. The molecule has 1 aliphatic heterocycles. The van der Waals surface area contributed by atoms with Crippen molar-refractivity contribution in [3.05, 3.63) is 93.4 Å². The number of amides is 2. The number of halogens is 1. The Labute approximate surface area is 204 Å². The SMILES string of the molecule is CC(C)N(CC(=O)N1CCc2sccc2C1c1ccc(F)cc1)C(=O)C1CC1c1ccccc1. The molecule has 2 heterocycles. The van der Waals surface area contributed by atoms with Crippen LogP contribution in [0.1, 0.15) is 53.8 Å². The molecule has 0 spiro atoms. The van der Waals surface area contributed by atoms with Gasteiger partial charge in [0.05, 0.1) is 6.04 Å². The monoisotopic (exact) mass is 476 g/mol.